The number of thioether (sulfide) groups is 1. The first-order chi connectivity index (χ1) is 9.13. The molecule has 1 fully saturated rings. The molecule has 2 N–H and O–H groups in total. The van der Waals surface area contributed by atoms with E-state index in [-0.39, 0.29) is 0 Å². The van der Waals surface area contributed by atoms with Crippen molar-refractivity contribution in [2.75, 3.05) is 23.7 Å². The minimum absolute atomic E-state index is 0.532. The lowest BCUT2D eigenvalue weighted by molar-refractivity contribution is 0.720. The summed E-state index contributed by atoms with van der Waals surface area (Å²) in [6, 6.07) is 7.86. The van der Waals surface area contributed by atoms with Crippen LogP contribution in [-0.2, 0) is 0 Å². The fourth-order valence-corrected chi connectivity index (χ4v) is 3.91. The Labute approximate surface area is 117 Å². The molecule has 0 spiro atoms. The highest BCUT2D eigenvalue weighted by atomic mass is 32.2. The Kier molecular flexibility index (Phi) is 3.22. The van der Waals surface area contributed by atoms with Gasteiger partial charge in [-0.25, -0.2) is 9.97 Å². The molecule has 0 aliphatic carbocycles. The minimum Gasteiger partial charge on any atom is -0.381 e. The average Bonchev–Trinajstić information content (AvgIpc) is 2.36. The van der Waals surface area contributed by atoms with Gasteiger partial charge in [-0.15, -0.1) is 0 Å². The molecule has 3 rings (SSSR count). The third-order valence-electron chi connectivity index (χ3n) is 3.30. The number of benzene rings is 1. The second-order valence-electron chi connectivity index (χ2n) is 5.08. The Morgan fingerprint density at radius 1 is 1.11 bits per heavy atom. The van der Waals surface area contributed by atoms with Crippen LogP contribution in [0.2, 0.25) is 0 Å². The van der Waals surface area contributed by atoms with Crippen LogP contribution in [0.4, 0.5) is 11.6 Å². The molecule has 1 saturated heterocycles. The summed E-state index contributed by atoms with van der Waals surface area (Å²) in [6.07, 6.45) is 0. The van der Waals surface area contributed by atoms with Crippen molar-refractivity contribution in [2.45, 2.75) is 24.3 Å². The van der Waals surface area contributed by atoms with Crippen molar-refractivity contribution in [3.05, 3.63) is 24.3 Å². The van der Waals surface area contributed by atoms with Crippen molar-refractivity contribution < 1.29 is 0 Å². The Morgan fingerprint density at radius 2 is 1.68 bits per heavy atom. The summed E-state index contributed by atoms with van der Waals surface area (Å²) in [4.78, 5) is 11.4. The fourth-order valence-electron chi connectivity index (χ4n) is 2.59. The molecule has 2 aromatic rings. The van der Waals surface area contributed by atoms with Gasteiger partial charge in [0.05, 0.1) is 11.0 Å². The van der Waals surface area contributed by atoms with E-state index in [2.05, 4.69) is 23.7 Å². The highest BCUT2D eigenvalue weighted by molar-refractivity contribution is 8.00. The number of nitrogens with two attached hydrogens (primary N) is 1. The van der Waals surface area contributed by atoms with Crippen molar-refractivity contribution in [3.63, 3.8) is 0 Å². The van der Waals surface area contributed by atoms with Gasteiger partial charge in [-0.2, -0.15) is 11.8 Å². The first kappa shape index (κ1) is 12.5. The molecule has 100 valence electrons. The predicted octanol–water partition coefficient (Wildman–Crippen LogP) is 2.54. The van der Waals surface area contributed by atoms with Gasteiger partial charge in [0.25, 0.3) is 0 Å². The molecular formula is C14H18N4S. The van der Waals surface area contributed by atoms with Crippen LogP contribution in [0.3, 0.4) is 0 Å². The highest BCUT2D eigenvalue weighted by Gasteiger charge is 2.25. The number of para-hydroxylation sites is 2. The molecule has 1 aromatic carbocycles. The molecule has 2 heterocycles. The summed E-state index contributed by atoms with van der Waals surface area (Å²) in [5.74, 6) is 1.36. The van der Waals surface area contributed by atoms with Crippen LogP contribution in [0.15, 0.2) is 24.3 Å². The van der Waals surface area contributed by atoms with Crippen LogP contribution in [0, 0.1) is 0 Å². The number of nitrogens with zero attached hydrogens (tertiary/aromatic N) is 3. The van der Waals surface area contributed by atoms with E-state index in [1.165, 1.54) is 0 Å². The van der Waals surface area contributed by atoms with E-state index in [1.54, 1.807) is 0 Å². The van der Waals surface area contributed by atoms with Gasteiger partial charge >= 0.3 is 0 Å². The van der Waals surface area contributed by atoms with Crippen LogP contribution in [0.5, 0.6) is 0 Å². The van der Waals surface area contributed by atoms with Crippen molar-refractivity contribution in [3.8, 4) is 0 Å². The number of rotatable bonds is 1. The molecule has 0 radical (unpaired) electrons. The molecule has 2 unspecified atom stereocenters. The van der Waals surface area contributed by atoms with Crippen molar-refractivity contribution in [2.24, 2.45) is 0 Å². The van der Waals surface area contributed by atoms with E-state index in [9.17, 15) is 0 Å². The van der Waals surface area contributed by atoms with Crippen LogP contribution >= 0.6 is 11.8 Å². The lowest BCUT2D eigenvalue weighted by Crippen LogP contribution is -2.41. The van der Waals surface area contributed by atoms with E-state index in [4.69, 9.17) is 10.7 Å². The number of nitrogen functional groups attached to an aromatic ring is 1. The molecule has 1 aromatic heterocycles. The summed E-state index contributed by atoms with van der Waals surface area (Å²) < 4.78 is 0. The number of anilines is 2. The maximum absolute atomic E-state index is 6.09. The summed E-state index contributed by atoms with van der Waals surface area (Å²) in [7, 11) is 0. The highest BCUT2D eigenvalue weighted by Crippen LogP contribution is 2.30. The zero-order chi connectivity index (χ0) is 13.4. The zero-order valence-electron chi connectivity index (χ0n) is 11.2. The van der Waals surface area contributed by atoms with E-state index >= 15 is 0 Å². The standard InChI is InChI=1S/C14H18N4S/c1-9-7-18(8-10(2)19-9)14-13(15)16-11-5-3-4-6-12(11)17-14/h3-6,9-10H,7-8H2,1-2H3,(H2,15,16). The number of hydrogen-bond donors (Lipinski definition) is 1. The first-order valence-corrected chi connectivity index (χ1v) is 7.50. The summed E-state index contributed by atoms with van der Waals surface area (Å²) >= 11 is 2.02. The predicted molar refractivity (Wildman–Crippen MR) is 82.7 cm³/mol. The second kappa shape index (κ2) is 4.89. The lowest BCUT2D eigenvalue weighted by atomic mass is 10.3. The number of aromatic nitrogens is 2. The van der Waals surface area contributed by atoms with E-state index < -0.39 is 0 Å². The largest absolute Gasteiger partial charge is 0.381 e. The van der Waals surface area contributed by atoms with E-state index in [0.29, 0.717) is 16.3 Å². The van der Waals surface area contributed by atoms with Crippen molar-refractivity contribution >= 4 is 34.4 Å². The molecule has 4 nitrogen and oxygen atoms in total. The van der Waals surface area contributed by atoms with Crippen LogP contribution in [-0.4, -0.2) is 33.6 Å². The Hall–Kier alpha value is -1.49. The van der Waals surface area contributed by atoms with Gasteiger partial charge in [0.15, 0.2) is 11.6 Å². The second-order valence-corrected chi connectivity index (χ2v) is 6.97. The van der Waals surface area contributed by atoms with Gasteiger partial charge in [-0.3, -0.25) is 0 Å². The van der Waals surface area contributed by atoms with Gasteiger partial charge in [-0.05, 0) is 12.1 Å². The monoisotopic (exact) mass is 274 g/mol. The molecule has 0 saturated carbocycles. The molecule has 1 aliphatic heterocycles. The molecule has 1 aliphatic rings. The van der Waals surface area contributed by atoms with Crippen molar-refractivity contribution in [1.82, 2.24) is 9.97 Å². The van der Waals surface area contributed by atoms with E-state index in [0.717, 1.165) is 29.9 Å². The fraction of sp³-hybridized carbons (Fsp3) is 0.429. The molecule has 2 atom stereocenters. The van der Waals surface area contributed by atoms with Gasteiger partial charge in [-0.1, -0.05) is 26.0 Å². The topological polar surface area (TPSA) is 55.0 Å². The third kappa shape index (κ3) is 2.47. The first-order valence-electron chi connectivity index (χ1n) is 6.56. The molecule has 19 heavy (non-hydrogen) atoms. The molecule has 5 heteroatoms. The number of hydrogen-bond acceptors (Lipinski definition) is 5. The average molecular weight is 274 g/mol. The molecule has 0 amide bonds. The van der Waals surface area contributed by atoms with Crippen LogP contribution < -0.4 is 10.6 Å². The maximum atomic E-state index is 6.09. The van der Waals surface area contributed by atoms with Crippen molar-refractivity contribution in [1.29, 1.82) is 0 Å². The smallest absolute Gasteiger partial charge is 0.172 e. The normalized spacial score (nSPS) is 23.8. The number of fused-ring (bicyclic) bond motifs is 1. The maximum Gasteiger partial charge on any atom is 0.172 e. The Bertz CT molecular complexity index is 591. The van der Waals surface area contributed by atoms with Gasteiger partial charge in [0.1, 0.15) is 0 Å². The SMILES string of the molecule is CC1CN(c2nc3ccccc3nc2N)CC(C)S1. The van der Waals surface area contributed by atoms with Gasteiger partial charge in [0, 0.05) is 23.6 Å². The lowest BCUT2D eigenvalue weighted by Gasteiger charge is -2.35. The summed E-state index contributed by atoms with van der Waals surface area (Å²) in [6.45, 7) is 6.45. The Balaban J connectivity index is 2.01. The quantitative estimate of drug-likeness (QED) is 0.866. The van der Waals surface area contributed by atoms with Crippen LogP contribution in [0.25, 0.3) is 11.0 Å². The van der Waals surface area contributed by atoms with Gasteiger partial charge < -0.3 is 10.6 Å². The summed E-state index contributed by atoms with van der Waals surface area (Å²) in [5.41, 5.74) is 7.85. The minimum atomic E-state index is 0.532. The Morgan fingerprint density at radius 3 is 2.32 bits per heavy atom. The van der Waals surface area contributed by atoms with E-state index in [1.807, 2.05) is 36.0 Å². The zero-order valence-corrected chi connectivity index (χ0v) is 12.0. The molecular weight excluding hydrogens is 256 g/mol. The third-order valence-corrected chi connectivity index (χ3v) is 4.52. The summed E-state index contributed by atoms with van der Waals surface area (Å²) in [5, 5.41) is 1.19. The van der Waals surface area contributed by atoms with Gasteiger partial charge in [0.2, 0.25) is 0 Å². The molecule has 0 bridgehead atoms. The van der Waals surface area contributed by atoms with Crippen LogP contribution in [0.1, 0.15) is 13.8 Å².